The van der Waals surface area contributed by atoms with E-state index < -0.39 is 0 Å². The predicted molar refractivity (Wildman–Crippen MR) is 91.1 cm³/mol. The van der Waals surface area contributed by atoms with Crippen molar-refractivity contribution in [1.82, 2.24) is 14.6 Å². The number of hydrogen-bond donors (Lipinski definition) is 1. The Morgan fingerprint density at radius 2 is 1.88 bits per heavy atom. The Balaban J connectivity index is 1.64. The molecular formula is C18H18N4O2. The van der Waals surface area contributed by atoms with Gasteiger partial charge in [-0.15, -0.1) is 0 Å². The van der Waals surface area contributed by atoms with Crippen molar-refractivity contribution in [2.75, 3.05) is 5.32 Å². The number of ketones is 1. The van der Waals surface area contributed by atoms with Crippen LogP contribution < -0.4 is 5.32 Å². The average molecular weight is 322 g/mol. The van der Waals surface area contributed by atoms with Gasteiger partial charge in [0.25, 0.3) is 0 Å². The molecule has 6 nitrogen and oxygen atoms in total. The zero-order valence-corrected chi connectivity index (χ0v) is 13.6. The predicted octanol–water partition coefficient (Wildman–Crippen LogP) is 2.95. The minimum atomic E-state index is -0.199. The van der Waals surface area contributed by atoms with Crippen LogP contribution in [-0.2, 0) is 4.79 Å². The monoisotopic (exact) mass is 322 g/mol. The summed E-state index contributed by atoms with van der Waals surface area (Å²) in [6, 6.07) is 10.8. The van der Waals surface area contributed by atoms with Gasteiger partial charge in [-0.2, -0.15) is 5.10 Å². The van der Waals surface area contributed by atoms with Gasteiger partial charge in [0.1, 0.15) is 5.82 Å². The molecule has 1 N–H and O–H groups in total. The number of hydrogen-bond acceptors (Lipinski definition) is 4. The van der Waals surface area contributed by atoms with Gasteiger partial charge in [-0.3, -0.25) is 9.59 Å². The van der Waals surface area contributed by atoms with Gasteiger partial charge < -0.3 is 5.32 Å². The summed E-state index contributed by atoms with van der Waals surface area (Å²) in [5.41, 5.74) is 2.96. The van der Waals surface area contributed by atoms with Crippen LogP contribution in [0.5, 0.6) is 0 Å². The molecule has 0 saturated heterocycles. The van der Waals surface area contributed by atoms with Gasteiger partial charge >= 0.3 is 0 Å². The highest BCUT2D eigenvalue weighted by Crippen LogP contribution is 2.15. The molecule has 0 saturated carbocycles. The van der Waals surface area contributed by atoms with Crippen LogP contribution in [0.25, 0.3) is 5.65 Å². The quantitative estimate of drug-likeness (QED) is 0.733. The number of rotatable bonds is 5. The average Bonchev–Trinajstić information content (AvgIpc) is 2.94. The lowest BCUT2D eigenvalue weighted by Gasteiger charge is -2.07. The second kappa shape index (κ2) is 6.62. The standard InChI is InChI=1S/C18H18N4O2/c1-12-10-15(11-22-18(12)19-13(2)21-22)20-17(24)9-8-16(23)14-6-4-3-5-7-14/h3-7,10-11H,8-9H2,1-2H3,(H,20,24). The van der Waals surface area contributed by atoms with Crippen molar-refractivity contribution in [1.29, 1.82) is 0 Å². The summed E-state index contributed by atoms with van der Waals surface area (Å²) < 4.78 is 1.65. The summed E-state index contributed by atoms with van der Waals surface area (Å²) in [5, 5.41) is 7.07. The highest BCUT2D eigenvalue weighted by atomic mass is 16.2. The Kier molecular flexibility index (Phi) is 4.37. The highest BCUT2D eigenvalue weighted by Gasteiger charge is 2.11. The molecule has 0 atom stereocenters. The number of pyridine rings is 1. The maximum absolute atomic E-state index is 12.1. The van der Waals surface area contributed by atoms with Gasteiger partial charge in [-0.05, 0) is 25.5 Å². The number of benzene rings is 1. The molecule has 1 amide bonds. The van der Waals surface area contributed by atoms with E-state index in [1.807, 2.05) is 38.1 Å². The van der Waals surface area contributed by atoms with Crippen molar-refractivity contribution < 1.29 is 9.59 Å². The molecule has 0 aliphatic heterocycles. The van der Waals surface area contributed by atoms with E-state index in [1.54, 1.807) is 22.8 Å². The molecule has 0 aliphatic carbocycles. The molecule has 24 heavy (non-hydrogen) atoms. The van der Waals surface area contributed by atoms with Gasteiger partial charge in [-0.25, -0.2) is 9.50 Å². The zero-order valence-electron chi connectivity index (χ0n) is 13.6. The summed E-state index contributed by atoms with van der Waals surface area (Å²) in [4.78, 5) is 28.4. The molecule has 122 valence electrons. The minimum absolute atomic E-state index is 0.0377. The molecule has 0 radical (unpaired) electrons. The minimum Gasteiger partial charge on any atom is -0.325 e. The smallest absolute Gasteiger partial charge is 0.224 e. The fourth-order valence-electron chi connectivity index (χ4n) is 2.54. The maximum Gasteiger partial charge on any atom is 0.224 e. The molecular weight excluding hydrogens is 304 g/mol. The first-order chi connectivity index (χ1) is 11.5. The molecule has 2 aromatic heterocycles. The number of aromatic nitrogens is 3. The maximum atomic E-state index is 12.1. The lowest BCUT2D eigenvalue weighted by molar-refractivity contribution is -0.116. The molecule has 6 heteroatoms. The molecule has 3 rings (SSSR count). The summed E-state index contributed by atoms with van der Waals surface area (Å²) in [7, 11) is 0. The van der Waals surface area contributed by atoms with Crippen LogP contribution in [0.2, 0.25) is 0 Å². The normalized spacial score (nSPS) is 10.8. The molecule has 0 aliphatic rings. The van der Waals surface area contributed by atoms with Crippen LogP contribution in [0.15, 0.2) is 42.6 Å². The van der Waals surface area contributed by atoms with Crippen LogP contribution in [0.4, 0.5) is 5.69 Å². The van der Waals surface area contributed by atoms with Crippen LogP contribution >= 0.6 is 0 Å². The van der Waals surface area contributed by atoms with E-state index in [2.05, 4.69) is 15.4 Å². The number of fused-ring (bicyclic) bond motifs is 1. The summed E-state index contributed by atoms with van der Waals surface area (Å²) in [6.07, 6.45) is 2.04. The first-order valence-corrected chi connectivity index (χ1v) is 7.74. The number of nitrogens with zero attached hydrogens (tertiary/aromatic N) is 3. The molecule has 1 aromatic carbocycles. The lowest BCUT2D eigenvalue weighted by atomic mass is 10.1. The molecule has 2 heterocycles. The van der Waals surface area contributed by atoms with Crippen molar-refractivity contribution in [3.05, 3.63) is 59.5 Å². The topological polar surface area (TPSA) is 76.4 Å². The van der Waals surface area contributed by atoms with Gasteiger partial charge in [0.15, 0.2) is 11.4 Å². The summed E-state index contributed by atoms with van der Waals surface area (Å²) in [5.74, 6) is 0.439. The second-order valence-corrected chi connectivity index (χ2v) is 5.68. The number of Topliss-reactive ketones (excluding diaryl/α,β-unsaturated/α-hetero) is 1. The third kappa shape index (κ3) is 3.48. The van der Waals surface area contributed by atoms with E-state index in [1.165, 1.54) is 0 Å². The van der Waals surface area contributed by atoms with Crippen LogP contribution in [0.1, 0.15) is 34.6 Å². The molecule has 0 unspecified atom stereocenters. The Labute approximate surface area is 139 Å². The number of anilines is 1. The fraction of sp³-hybridized carbons (Fsp3) is 0.222. The third-order valence-electron chi connectivity index (χ3n) is 3.68. The van der Waals surface area contributed by atoms with E-state index in [4.69, 9.17) is 0 Å². The van der Waals surface area contributed by atoms with Crippen LogP contribution in [0.3, 0.4) is 0 Å². The number of amides is 1. The molecule has 0 bridgehead atoms. The van der Waals surface area contributed by atoms with Crippen LogP contribution in [-0.4, -0.2) is 26.3 Å². The van der Waals surface area contributed by atoms with E-state index in [-0.39, 0.29) is 24.5 Å². The number of carbonyl (C=O) groups excluding carboxylic acids is 2. The number of aryl methyl sites for hydroxylation is 2. The first kappa shape index (κ1) is 15.9. The van der Waals surface area contributed by atoms with Crippen LogP contribution in [0, 0.1) is 13.8 Å². The summed E-state index contributed by atoms with van der Waals surface area (Å²) in [6.45, 7) is 3.73. The van der Waals surface area contributed by atoms with Gasteiger partial charge in [-0.1, -0.05) is 30.3 Å². The lowest BCUT2D eigenvalue weighted by Crippen LogP contribution is -2.14. The van der Waals surface area contributed by atoms with Crippen molar-refractivity contribution in [2.45, 2.75) is 26.7 Å². The highest BCUT2D eigenvalue weighted by molar-refractivity contribution is 6.00. The van der Waals surface area contributed by atoms with Crippen molar-refractivity contribution in [2.24, 2.45) is 0 Å². The van der Waals surface area contributed by atoms with Gasteiger partial charge in [0.05, 0.1) is 11.9 Å². The largest absolute Gasteiger partial charge is 0.325 e. The SMILES string of the molecule is Cc1nc2c(C)cc(NC(=O)CCC(=O)c3ccccc3)cn2n1. The Morgan fingerprint density at radius 3 is 2.62 bits per heavy atom. The van der Waals surface area contributed by atoms with Crippen molar-refractivity contribution in [3.8, 4) is 0 Å². The zero-order chi connectivity index (χ0) is 17.1. The molecule has 0 fully saturated rings. The van der Waals surface area contributed by atoms with Gasteiger partial charge in [0, 0.05) is 18.4 Å². The van der Waals surface area contributed by atoms with Gasteiger partial charge in [0.2, 0.25) is 5.91 Å². The van der Waals surface area contributed by atoms with E-state index in [9.17, 15) is 9.59 Å². The second-order valence-electron chi connectivity index (χ2n) is 5.68. The van der Waals surface area contributed by atoms with E-state index >= 15 is 0 Å². The molecule has 0 spiro atoms. The van der Waals surface area contributed by atoms with E-state index in [0.29, 0.717) is 17.1 Å². The molecule has 3 aromatic rings. The van der Waals surface area contributed by atoms with Crippen molar-refractivity contribution >= 4 is 23.0 Å². The van der Waals surface area contributed by atoms with Crippen molar-refractivity contribution in [3.63, 3.8) is 0 Å². The van der Waals surface area contributed by atoms with E-state index in [0.717, 1.165) is 11.2 Å². The Morgan fingerprint density at radius 1 is 1.12 bits per heavy atom. The number of carbonyl (C=O) groups is 2. The summed E-state index contributed by atoms with van der Waals surface area (Å²) >= 11 is 0. The fourth-order valence-corrected chi connectivity index (χ4v) is 2.54. The Hall–Kier alpha value is -3.02. The first-order valence-electron chi connectivity index (χ1n) is 7.74. The third-order valence-corrected chi connectivity index (χ3v) is 3.68. The Bertz CT molecular complexity index is 900. The number of nitrogens with one attached hydrogen (secondary N) is 1.